The number of rotatable bonds is 13. The van der Waals surface area contributed by atoms with Crippen molar-refractivity contribution in [1.29, 1.82) is 0 Å². The molecule has 3 atom stereocenters. The van der Waals surface area contributed by atoms with E-state index in [9.17, 15) is 9.18 Å². The Morgan fingerprint density at radius 1 is 1.04 bits per heavy atom. The summed E-state index contributed by atoms with van der Waals surface area (Å²) in [5.41, 5.74) is 5.02. The largest absolute Gasteiger partial charge is 0.494 e. The lowest BCUT2D eigenvalue weighted by molar-refractivity contribution is -0.140. The number of aryl methyl sites for hydroxylation is 1. The van der Waals surface area contributed by atoms with Gasteiger partial charge in [-0.15, -0.1) is 0 Å². The second-order valence-electron chi connectivity index (χ2n) is 13.2. The molecule has 2 fully saturated rings. The topological polar surface area (TPSA) is 79.6 Å². The first-order valence-corrected chi connectivity index (χ1v) is 17.4. The van der Waals surface area contributed by atoms with Crippen molar-refractivity contribution in [2.75, 3.05) is 32.8 Å². The summed E-state index contributed by atoms with van der Waals surface area (Å²) in [6, 6.07) is 17.6. The maximum atomic E-state index is 13.8. The number of benzene rings is 2. The molecule has 2 aliphatic rings. The first-order valence-electron chi connectivity index (χ1n) is 17.4. The van der Waals surface area contributed by atoms with Gasteiger partial charge in [-0.1, -0.05) is 51.5 Å². The lowest BCUT2D eigenvalue weighted by atomic mass is 9.87. The highest BCUT2D eigenvalue weighted by atomic mass is 19.1. The predicted molar refractivity (Wildman–Crippen MR) is 183 cm³/mol. The number of hydrogen-bond acceptors (Lipinski definition) is 5. The van der Waals surface area contributed by atoms with Crippen molar-refractivity contribution in [1.82, 2.24) is 20.0 Å². The van der Waals surface area contributed by atoms with Crippen molar-refractivity contribution in [3.8, 4) is 5.75 Å². The summed E-state index contributed by atoms with van der Waals surface area (Å²) in [7, 11) is 0. The maximum Gasteiger partial charge on any atom is 0.320 e. The Bertz CT molecular complexity index is 1350. The van der Waals surface area contributed by atoms with E-state index in [0.29, 0.717) is 30.9 Å². The molecular weight excluding hydrogens is 579 g/mol. The number of aliphatic carboxylic acids is 1. The maximum absolute atomic E-state index is 13.8. The Hall–Kier alpha value is -3.23. The molecule has 0 radical (unpaired) electrons. The molecule has 46 heavy (non-hydrogen) atoms. The monoisotopic (exact) mass is 634 g/mol. The Labute approximate surface area is 275 Å². The fourth-order valence-electron chi connectivity index (χ4n) is 7.24. The molecule has 2 unspecified atom stereocenters. The zero-order valence-corrected chi connectivity index (χ0v) is 28.6. The summed E-state index contributed by atoms with van der Waals surface area (Å²) >= 11 is 0. The van der Waals surface area contributed by atoms with Crippen molar-refractivity contribution in [3.05, 3.63) is 82.9 Å². The summed E-state index contributed by atoms with van der Waals surface area (Å²) in [6.07, 6.45) is 6.94. The molecule has 3 aromatic rings. The van der Waals surface area contributed by atoms with Crippen LogP contribution in [-0.4, -0.2) is 64.6 Å². The molecule has 1 aliphatic heterocycles. The predicted octanol–water partition coefficient (Wildman–Crippen LogP) is 7.50. The molecular formula is C38H55FN4O3. The molecule has 5 rings (SSSR count). The highest BCUT2D eigenvalue weighted by Gasteiger charge is 2.32. The molecule has 1 saturated heterocycles. The molecule has 0 bridgehead atoms. The molecule has 1 aromatic heterocycles. The number of piperidine rings is 1. The summed E-state index contributed by atoms with van der Waals surface area (Å²) in [5.74, 6) is 1.93. The summed E-state index contributed by atoms with van der Waals surface area (Å²) in [6.45, 7) is 15.6. The highest BCUT2D eigenvalue weighted by Crippen LogP contribution is 2.41. The fraction of sp³-hybridized carbons (Fsp3) is 0.579. The number of aromatic nitrogens is 2. The molecule has 1 aliphatic carbocycles. The van der Waals surface area contributed by atoms with Crippen LogP contribution in [0, 0.1) is 17.7 Å². The number of likely N-dealkylation sites (N-methyl/N-ethyl adjacent to an activating group) is 1. The SMILES string of the molecule is CCNC(C(=O)O)C(C)C.CCOc1ccc(Cc2cc(C3CCN(CC4CCC[C@@H]4c4cccc(F)c4)CC3)n(CC)n2)cc1. The highest BCUT2D eigenvalue weighted by molar-refractivity contribution is 5.73. The van der Waals surface area contributed by atoms with Crippen LogP contribution in [0.1, 0.15) is 101 Å². The molecule has 2 N–H and O–H groups in total. The number of nitrogens with zero attached hydrogens (tertiary/aromatic N) is 3. The Kier molecular flexibility index (Phi) is 13.6. The first-order chi connectivity index (χ1) is 22.2. The van der Waals surface area contributed by atoms with Crippen LogP contribution in [0.2, 0.25) is 0 Å². The number of likely N-dealkylation sites (tertiary alicyclic amines) is 1. The molecule has 2 heterocycles. The first kappa shape index (κ1) is 35.6. The number of carboxylic acid groups (broad SMARTS) is 1. The van der Waals surface area contributed by atoms with Gasteiger partial charge in [0.25, 0.3) is 0 Å². The standard InChI is InChI=1S/C31H40FN3O.C7H15NO2/c1-3-35-31(21-28(33-35)19-23-11-13-29(14-12-23)36-4-2)24-15-17-34(18-16-24)22-26-8-6-10-30(26)25-7-5-9-27(32)20-25;1-4-8-6(5(2)3)7(9)10/h5,7,9,11-14,20-21,24,26,30H,3-4,6,8,10,15-19,22H2,1-2H3;5-6,8H,4H2,1-3H3,(H,9,10)/t26?,30-;/m1./s1. The van der Waals surface area contributed by atoms with Gasteiger partial charge in [-0.05, 0) is 118 Å². The van der Waals surface area contributed by atoms with E-state index in [4.69, 9.17) is 14.9 Å². The van der Waals surface area contributed by atoms with Gasteiger partial charge in [0, 0.05) is 31.1 Å². The average molecular weight is 635 g/mol. The molecule has 0 spiro atoms. The minimum Gasteiger partial charge on any atom is -0.494 e. The smallest absolute Gasteiger partial charge is 0.320 e. The number of hydrogen-bond donors (Lipinski definition) is 2. The number of ether oxygens (including phenoxy) is 1. The van der Waals surface area contributed by atoms with Crippen molar-refractivity contribution < 1.29 is 19.0 Å². The summed E-state index contributed by atoms with van der Waals surface area (Å²) in [5, 5.41) is 16.4. The average Bonchev–Trinajstić information content (AvgIpc) is 3.68. The number of carbonyl (C=O) groups is 1. The van der Waals surface area contributed by atoms with E-state index in [1.165, 1.54) is 48.9 Å². The van der Waals surface area contributed by atoms with Gasteiger partial charge < -0.3 is 20.1 Å². The summed E-state index contributed by atoms with van der Waals surface area (Å²) in [4.78, 5) is 13.1. The minimum absolute atomic E-state index is 0.103. The molecule has 252 valence electrons. The van der Waals surface area contributed by atoms with Crippen LogP contribution in [0.5, 0.6) is 5.75 Å². The third-order valence-corrected chi connectivity index (χ3v) is 9.57. The van der Waals surface area contributed by atoms with Crippen LogP contribution in [-0.2, 0) is 17.8 Å². The summed E-state index contributed by atoms with van der Waals surface area (Å²) < 4.78 is 21.6. The minimum atomic E-state index is -0.767. The third-order valence-electron chi connectivity index (χ3n) is 9.57. The van der Waals surface area contributed by atoms with Gasteiger partial charge in [0.15, 0.2) is 0 Å². The van der Waals surface area contributed by atoms with E-state index >= 15 is 0 Å². The van der Waals surface area contributed by atoms with E-state index in [1.54, 1.807) is 12.1 Å². The van der Waals surface area contributed by atoms with Crippen molar-refractivity contribution in [3.63, 3.8) is 0 Å². The van der Waals surface area contributed by atoms with Crippen LogP contribution in [0.4, 0.5) is 4.39 Å². The lowest BCUT2D eigenvalue weighted by Crippen LogP contribution is -2.40. The van der Waals surface area contributed by atoms with E-state index < -0.39 is 12.0 Å². The van der Waals surface area contributed by atoms with Crippen LogP contribution >= 0.6 is 0 Å². The molecule has 7 nitrogen and oxygen atoms in total. The second-order valence-corrected chi connectivity index (χ2v) is 13.2. The zero-order valence-electron chi connectivity index (χ0n) is 28.6. The molecule has 1 saturated carbocycles. The van der Waals surface area contributed by atoms with E-state index in [-0.39, 0.29) is 11.7 Å². The third kappa shape index (κ3) is 9.88. The van der Waals surface area contributed by atoms with Gasteiger partial charge in [-0.3, -0.25) is 9.48 Å². The van der Waals surface area contributed by atoms with Crippen molar-refractivity contribution in [2.24, 2.45) is 11.8 Å². The molecule has 8 heteroatoms. The van der Waals surface area contributed by atoms with Gasteiger partial charge in [-0.25, -0.2) is 4.39 Å². The van der Waals surface area contributed by atoms with Crippen LogP contribution in [0.3, 0.4) is 0 Å². The number of carboxylic acids is 1. The van der Waals surface area contributed by atoms with E-state index in [0.717, 1.165) is 44.0 Å². The van der Waals surface area contributed by atoms with E-state index in [1.807, 2.05) is 33.8 Å². The second kappa shape index (κ2) is 17.6. The van der Waals surface area contributed by atoms with Crippen LogP contribution < -0.4 is 10.1 Å². The Morgan fingerprint density at radius 2 is 1.78 bits per heavy atom. The lowest BCUT2D eigenvalue weighted by Gasteiger charge is -2.35. The Morgan fingerprint density at radius 3 is 2.37 bits per heavy atom. The molecule has 0 amide bonds. The Balaban J connectivity index is 0.000000416. The normalized spacial score (nSPS) is 19.5. The van der Waals surface area contributed by atoms with Gasteiger partial charge in [0.05, 0.1) is 12.3 Å². The fourth-order valence-corrected chi connectivity index (χ4v) is 7.24. The van der Waals surface area contributed by atoms with Crippen LogP contribution in [0.15, 0.2) is 54.6 Å². The molecule has 2 aromatic carbocycles. The van der Waals surface area contributed by atoms with Gasteiger partial charge in [0.2, 0.25) is 0 Å². The number of nitrogens with one attached hydrogen (secondary N) is 1. The van der Waals surface area contributed by atoms with E-state index in [2.05, 4.69) is 58.2 Å². The van der Waals surface area contributed by atoms with Gasteiger partial charge >= 0.3 is 5.97 Å². The quantitative estimate of drug-likeness (QED) is 0.203. The van der Waals surface area contributed by atoms with Crippen molar-refractivity contribution in [2.45, 2.75) is 97.6 Å². The van der Waals surface area contributed by atoms with Gasteiger partial charge in [0.1, 0.15) is 17.6 Å². The zero-order chi connectivity index (χ0) is 33.1. The van der Waals surface area contributed by atoms with Crippen molar-refractivity contribution >= 4 is 5.97 Å². The van der Waals surface area contributed by atoms with Gasteiger partial charge in [-0.2, -0.15) is 5.10 Å². The number of halogens is 1. The van der Waals surface area contributed by atoms with Crippen LogP contribution in [0.25, 0.3) is 0 Å².